The van der Waals surface area contributed by atoms with E-state index in [-0.39, 0.29) is 17.2 Å². The quantitative estimate of drug-likeness (QED) is 0.138. The van der Waals surface area contributed by atoms with E-state index in [4.69, 9.17) is 17.2 Å². The van der Waals surface area contributed by atoms with E-state index >= 15 is 0 Å². The Hall–Kier alpha value is -2.19. The van der Waals surface area contributed by atoms with Crippen molar-refractivity contribution in [2.45, 2.75) is 67.5 Å². The van der Waals surface area contributed by atoms with E-state index in [2.05, 4.69) is 16.0 Å². The highest BCUT2D eigenvalue weighted by atomic mass is 32.2. The maximum Gasteiger partial charge on any atom is 0.258 e. The van der Waals surface area contributed by atoms with Crippen LogP contribution in [0.1, 0.15) is 31.2 Å². The molecule has 3 heterocycles. The summed E-state index contributed by atoms with van der Waals surface area (Å²) in [5.74, 6) is -0.510. The molecule has 2 amide bonds. The number of thioether (sulfide) groups is 1. The molecule has 1 unspecified atom stereocenters. The number of hydrogen-bond donors (Lipinski definition) is 7. The number of nitrogens with two attached hydrogens (primary N) is 3. The molecule has 10 N–H and O–H groups in total. The smallest absolute Gasteiger partial charge is 0.258 e. The second-order valence-corrected chi connectivity index (χ2v) is 10.8. The first-order chi connectivity index (χ1) is 17.3. The van der Waals surface area contributed by atoms with Crippen LogP contribution in [0.3, 0.4) is 0 Å². The summed E-state index contributed by atoms with van der Waals surface area (Å²) in [4.78, 5) is 27.1. The molecule has 0 saturated carbocycles. The van der Waals surface area contributed by atoms with E-state index in [1.807, 2.05) is 40.7 Å². The van der Waals surface area contributed by atoms with Crippen LogP contribution in [0.2, 0.25) is 0 Å². The molecule has 0 aromatic heterocycles. The molecule has 36 heavy (non-hydrogen) atoms. The zero-order valence-electron chi connectivity index (χ0n) is 20.4. The van der Waals surface area contributed by atoms with Crippen LogP contribution in [0, 0.1) is 0 Å². The van der Waals surface area contributed by atoms with Gasteiger partial charge in [0.1, 0.15) is 29.3 Å². The van der Waals surface area contributed by atoms with Crippen LogP contribution in [0.4, 0.5) is 0 Å². The van der Waals surface area contributed by atoms with Crippen LogP contribution in [0.15, 0.2) is 41.9 Å². The van der Waals surface area contributed by atoms with Gasteiger partial charge in [0.15, 0.2) is 0 Å². The Balaban J connectivity index is 1.43. The summed E-state index contributed by atoms with van der Waals surface area (Å²) < 4.78 is 0. The summed E-state index contributed by atoms with van der Waals surface area (Å²) in [6.07, 6.45) is 2.96. The number of nitrogens with zero attached hydrogens (tertiary/aromatic N) is 2. The molecule has 0 bridgehead atoms. The predicted octanol–water partition coefficient (Wildman–Crippen LogP) is -1.30. The van der Waals surface area contributed by atoms with Crippen molar-refractivity contribution in [2.24, 2.45) is 17.2 Å². The maximum absolute atomic E-state index is 13.6. The Labute approximate surface area is 216 Å². The molecule has 0 spiro atoms. The molecule has 11 nitrogen and oxygen atoms in total. The van der Waals surface area contributed by atoms with Gasteiger partial charge in [-0.1, -0.05) is 30.3 Å². The summed E-state index contributed by atoms with van der Waals surface area (Å²) in [6.45, 7) is 1.78. The lowest BCUT2D eigenvalue weighted by Gasteiger charge is -2.44. The van der Waals surface area contributed by atoms with Crippen molar-refractivity contribution in [1.82, 2.24) is 26.0 Å². The van der Waals surface area contributed by atoms with E-state index in [9.17, 15) is 14.7 Å². The molecule has 2 fully saturated rings. The van der Waals surface area contributed by atoms with E-state index < -0.39 is 30.0 Å². The average molecular weight is 519 g/mol. The van der Waals surface area contributed by atoms with Crippen molar-refractivity contribution in [2.75, 3.05) is 19.6 Å². The topological polar surface area (TPSA) is 175 Å². The number of carbonyl (C=O) groups excluding carboxylic acids is 2. The molecule has 2 saturated heterocycles. The number of hydrogen-bond acceptors (Lipinski definition) is 10. The van der Waals surface area contributed by atoms with E-state index in [1.54, 1.807) is 11.2 Å². The molecule has 198 valence electrons. The van der Waals surface area contributed by atoms with Gasteiger partial charge in [-0.2, -0.15) is 0 Å². The minimum absolute atomic E-state index is 0.231. The fraction of sp³-hybridized carbons (Fsp3) is 0.583. The Morgan fingerprint density at radius 3 is 2.75 bits per heavy atom. The number of carbonyl (C=O) groups is 2. The van der Waals surface area contributed by atoms with Gasteiger partial charge >= 0.3 is 0 Å². The molecule has 1 aromatic carbocycles. The minimum Gasteiger partial charge on any atom is -0.388 e. The Kier molecular flexibility index (Phi) is 8.88. The van der Waals surface area contributed by atoms with Crippen LogP contribution < -0.4 is 33.2 Å². The maximum atomic E-state index is 13.6. The summed E-state index contributed by atoms with van der Waals surface area (Å²) in [7, 11) is 0. The van der Waals surface area contributed by atoms with Crippen molar-refractivity contribution in [3.8, 4) is 0 Å². The third kappa shape index (κ3) is 6.20. The van der Waals surface area contributed by atoms with Gasteiger partial charge in [0, 0.05) is 19.3 Å². The third-order valence-corrected chi connectivity index (χ3v) is 8.05. The van der Waals surface area contributed by atoms with Crippen LogP contribution in [0.5, 0.6) is 0 Å². The lowest BCUT2D eigenvalue weighted by Crippen LogP contribution is -2.67. The van der Waals surface area contributed by atoms with E-state index in [1.165, 1.54) is 11.8 Å². The highest BCUT2D eigenvalue weighted by molar-refractivity contribution is 8.03. The van der Waals surface area contributed by atoms with Crippen molar-refractivity contribution >= 4 is 23.6 Å². The predicted molar refractivity (Wildman–Crippen MR) is 139 cm³/mol. The van der Waals surface area contributed by atoms with E-state index in [0.29, 0.717) is 51.7 Å². The van der Waals surface area contributed by atoms with Crippen molar-refractivity contribution in [1.29, 1.82) is 0 Å². The highest BCUT2D eigenvalue weighted by Crippen LogP contribution is 2.31. The van der Waals surface area contributed by atoms with Gasteiger partial charge in [-0.25, -0.2) is 5.01 Å². The SMILES string of the molecule is NC(N)NCCC[C@H](NC(=O)[C@@H]1CCN2CC[C@@](N)(Cc3ccccc3)C(=O)N12)[C@H](O)C1NC=CS1. The average Bonchev–Trinajstić information content (AvgIpc) is 3.54. The number of amides is 2. The second-order valence-electron chi connectivity index (χ2n) is 9.73. The molecular weight excluding hydrogens is 480 g/mol. The van der Waals surface area contributed by atoms with Crippen LogP contribution in [-0.4, -0.2) is 82.0 Å². The van der Waals surface area contributed by atoms with Gasteiger partial charge in [0.05, 0.1) is 6.04 Å². The monoisotopic (exact) mass is 518 g/mol. The van der Waals surface area contributed by atoms with Crippen LogP contribution in [-0.2, 0) is 16.0 Å². The molecule has 5 atom stereocenters. The number of hydrazine groups is 1. The lowest BCUT2D eigenvalue weighted by atomic mass is 9.85. The number of aliphatic hydroxyl groups is 1. The molecular formula is C24H38N8O3S. The zero-order valence-corrected chi connectivity index (χ0v) is 21.2. The van der Waals surface area contributed by atoms with Crippen molar-refractivity contribution in [3.63, 3.8) is 0 Å². The number of benzene rings is 1. The first kappa shape index (κ1) is 26.9. The highest BCUT2D eigenvalue weighted by Gasteiger charge is 2.51. The van der Waals surface area contributed by atoms with Gasteiger partial charge in [0.25, 0.3) is 5.91 Å². The molecule has 1 aromatic rings. The molecule has 3 aliphatic rings. The second kappa shape index (κ2) is 11.9. The number of nitrogens with one attached hydrogen (secondary N) is 3. The minimum atomic E-state index is -1.07. The summed E-state index contributed by atoms with van der Waals surface area (Å²) >= 11 is 1.46. The third-order valence-electron chi connectivity index (χ3n) is 7.05. The molecule has 3 aliphatic heterocycles. The molecule has 0 aliphatic carbocycles. The fourth-order valence-corrected chi connectivity index (χ4v) is 5.94. The van der Waals surface area contributed by atoms with Crippen LogP contribution >= 0.6 is 11.8 Å². The number of aliphatic hydroxyl groups excluding tert-OH is 1. The largest absolute Gasteiger partial charge is 0.388 e. The molecule has 4 rings (SSSR count). The number of fused-ring (bicyclic) bond motifs is 1. The first-order valence-electron chi connectivity index (χ1n) is 12.5. The lowest BCUT2D eigenvalue weighted by molar-refractivity contribution is -0.165. The summed E-state index contributed by atoms with van der Waals surface area (Å²) in [6, 6.07) is 8.54. The Bertz CT molecular complexity index is 927. The Morgan fingerprint density at radius 2 is 2.06 bits per heavy atom. The van der Waals surface area contributed by atoms with Gasteiger partial charge in [-0.3, -0.25) is 19.9 Å². The molecule has 0 radical (unpaired) electrons. The van der Waals surface area contributed by atoms with Gasteiger partial charge in [-0.15, -0.1) is 11.8 Å². The van der Waals surface area contributed by atoms with Crippen molar-refractivity contribution < 1.29 is 14.7 Å². The summed E-state index contributed by atoms with van der Waals surface area (Å²) in [5.41, 5.74) is 17.7. The van der Waals surface area contributed by atoms with Crippen molar-refractivity contribution in [3.05, 3.63) is 47.5 Å². The zero-order chi connectivity index (χ0) is 25.7. The number of rotatable bonds is 11. The van der Waals surface area contributed by atoms with Crippen LogP contribution in [0.25, 0.3) is 0 Å². The van der Waals surface area contributed by atoms with Gasteiger partial charge < -0.3 is 32.9 Å². The standard InChI is InChI=1S/C24H38N8O3S/c25-23(26)29-10-4-7-17(19(33)21-28-11-14-36-21)30-20(34)18-8-12-31-13-9-24(27,22(35)32(18)31)15-16-5-2-1-3-6-16/h1-3,5-6,11,14,17-19,21,23,28-29,33H,4,7-10,12-13,15,25-27H2,(H,30,34)/t17-,18-,19-,21?,24+/m0/s1. The van der Waals surface area contributed by atoms with E-state index in [0.717, 1.165) is 5.56 Å². The first-order valence-corrected chi connectivity index (χ1v) is 13.4. The Morgan fingerprint density at radius 1 is 1.28 bits per heavy atom. The fourth-order valence-electron chi connectivity index (χ4n) is 5.10. The van der Waals surface area contributed by atoms with Gasteiger partial charge in [-0.05, 0) is 49.6 Å². The molecule has 12 heteroatoms. The van der Waals surface area contributed by atoms with Gasteiger partial charge in [0.2, 0.25) is 5.91 Å². The summed E-state index contributed by atoms with van der Waals surface area (Å²) in [5, 5.41) is 25.2. The normalized spacial score (nSPS) is 27.7.